The molecule has 1 amide bonds. The molecule has 22 heavy (non-hydrogen) atoms. The number of amides is 1. The molecule has 116 valence electrons. The molecule has 0 atom stereocenters. The molecule has 0 bridgehead atoms. The first-order chi connectivity index (χ1) is 10.3. The smallest absolute Gasteiger partial charge is 0.255 e. The number of carbonyl (C=O) groups excluding carboxylic acids is 1. The maximum Gasteiger partial charge on any atom is 0.255 e. The number of nitrogens with one attached hydrogen (secondary N) is 1. The van der Waals surface area contributed by atoms with Crippen molar-refractivity contribution in [2.24, 2.45) is 0 Å². The summed E-state index contributed by atoms with van der Waals surface area (Å²) in [7, 11) is -1.90. The molecule has 0 spiro atoms. The van der Waals surface area contributed by atoms with E-state index in [4.69, 9.17) is 11.6 Å². The minimum absolute atomic E-state index is 0.318. The summed E-state index contributed by atoms with van der Waals surface area (Å²) in [6.07, 6.45) is 1.12. The van der Waals surface area contributed by atoms with E-state index in [-0.39, 0.29) is 5.91 Å². The minimum atomic E-state index is -3.36. The molecule has 0 heterocycles. The Kier molecular flexibility index (Phi) is 4.73. The van der Waals surface area contributed by atoms with E-state index in [9.17, 15) is 13.2 Å². The lowest BCUT2D eigenvalue weighted by molar-refractivity contribution is 0.102. The van der Waals surface area contributed by atoms with Crippen molar-refractivity contribution in [3.05, 3.63) is 59.1 Å². The van der Waals surface area contributed by atoms with Gasteiger partial charge in [-0.05, 0) is 36.4 Å². The fourth-order valence-corrected chi connectivity index (χ4v) is 2.49. The zero-order valence-corrected chi connectivity index (χ0v) is 13.6. The van der Waals surface area contributed by atoms with E-state index in [0.717, 1.165) is 10.6 Å². The summed E-state index contributed by atoms with van der Waals surface area (Å²) in [5.74, 6) is -0.318. The summed E-state index contributed by atoms with van der Waals surface area (Å²) in [6.45, 7) is 0. The first-order valence-corrected chi connectivity index (χ1v) is 8.61. The van der Waals surface area contributed by atoms with Crippen molar-refractivity contribution in [1.29, 1.82) is 0 Å². The van der Waals surface area contributed by atoms with Gasteiger partial charge in [0.25, 0.3) is 5.91 Å². The number of rotatable bonds is 4. The molecule has 0 aliphatic heterocycles. The van der Waals surface area contributed by atoms with E-state index in [1.807, 2.05) is 0 Å². The lowest BCUT2D eigenvalue weighted by Gasteiger charge is -2.17. The molecule has 5 nitrogen and oxygen atoms in total. The third kappa shape index (κ3) is 3.99. The van der Waals surface area contributed by atoms with Crippen molar-refractivity contribution in [3.8, 4) is 0 Å². The van der Waals surface area contributed by atoms with Gasteiger partial charge in [-0.15, -0.1) is 0 Å². The lowest BCUT2D eigenvalue weighted by atomic mass is 10.2. The van der Waals surface area contributed by atoms with Crippen molar-refractivity contribution in [2.45, 2.75) is 0 Å². The third-order valence-corrected chi connectivity index (χ3v) is 4.49. The van der Waals surface area contributed by atoms with Gasteiger partial charge in [-0.2, -0.15) is 0 Å². The highest BCUT2D eigenvalue weighted by molar-refractivity contribution is 7.92. The quantitative estimate of drug-likeness (QED) is 0.932. The van der Waals surface area contributed by atoms with Crippen LogP contribution in [0.3, 0.4) is 0 Å². The van der Waals surface area contributed by atoms with Crippen LogP contribution < -0.4 is 9.62 Å². The molecule has 0 radical (unpaired) electrons. The second kappa shape index (κ2) is 6.37. The van der Waals surface area contributed by atoms with Gasteiger partial charge in [0, 0.05) is 23.3 Å². The zero-order chi connectivity index (χ0) is 16.3. The van der Waals surface area contributed by atoms with Crippen LogP contribution in [0.4, 0.5) is 11.4 Å². The highest BCUT2D eigenvalue weighted by Gasteiger charge is 2.13. The summed E-state index contributed by atoms with van der Waals surface area (Å²) in [5.41, 5.74) is 1.39. The number of carbonyl (C=O) groups is 1. The highest BCUT2D eigenvalue weighted by Crippen LogP contribution is 2.21. The van der Waals surface area contributed by atoms with E-state index >= 15 is 0 Å². The van der Waals surface area contributed by atoms with Crippen LogP contribution in [0.1, 0.15) is 10.4 Å². The first-order valence-electron chi connectivity index (χ1n) is 6.38. The number of halogens is 1. The second-order valence-electron chi connectivity index (χ2n) is 4.75. The number of hydrogen-bond acceptors (Lipinski definition) is 3. The van der Waals surface area contributed by atoms with Crippen LogP contribution in [0.15, 0.2) is 48.5 Å². The normalized spacial score (nSPS) is 11.0. The second-order valence-corrected chi connectivity index (χ2v) is 7.20. The maximum atomic E-state index is 12.1. The van der Waals surface area contributed by atoms with Crippen LogP contribution in [-0.2, 0) is 10.0 Å². The zero-order valence-electron chi connectivity index (χ0n) is 12.1. The van der Waals surface area contributed by atoms with Crippen LogP contribution in [0.2, 0.25) is 5.02 Å². The van der Waals surface area contributed by atoms with E-state index in [2.05, 4.69) is 5.32 Å². The predicted octanol–water partition coefficient (Wildman–Crippen LogP) is 2.99. The molecule has 2 aromatic carbocycles. The van der Waals surface area contributed by atoms with E-state index in [1.165, 1.54) is 7.05 Å². The van der Waals surface area contributed by atoms with Gasteiger partial charge in [-0.1, -0.05) is 23.7 Å². The monoisotopic (exact) mass is 338 g/mol. The molecule has 1 N–H and O–H groups in total. The Morgan fingerprint density at radius 1 is 1.14 bits per heavy atom. The van der Waals surface area contributed by atoms with Gasteiger partial charge in [0.2, 0.25) is 10.0 Å². The van der Waals surface area contributed by atoms with Crippen LogP contribution in [0.5, 0.6) is 0 Å². The van der Waals surface area contributed by atoms with Crippen molar-refractivity contribution in [3.63, 3.8) is 0 Å². The number of anilines is 2. The average Bonchev–Trinajstić information content (AvgIpc) is 2.45. The van der Waals surface area contributed by atoms with Crippen molar-refractivity contribution in [1.82, 2.24) is 0 Å². The topological polar surface area (TPSA) is 66.5 Å². The largest absolute Gasteiger partial charge is 0.322 e. The maximum absolute atomic E-state index is 12.1. The molecule has 2 rings (SSSR count). The summed E-state index contributed by atoms with van der Waals surface area (Å²) < 4.78 is 24.2. The van der Waals surface area contributed by atoms with Gasteiger partial charge in [-0.25, -0.2) is 8.42 Å². The van der Waals surface area contributed by atoms with Crippen molar-refractivity contribution >= 4 is 38.9 Å². The number of benzene rings is 2. The van der Waals surface area contributed by atoms with E-state index in [1.54, 1.807) is 48.5 Å². The van der Waals surface area contributed by atoms with Gasteiger partial charge < -0.3 is 5.32 Å². The highest BCUT2D eigenvalue weighted by atomic mass is 35.5. The molecule has 0 aliphatic carbocycles. The molecular weight excluding hydrogens is 324 g/mol. The van der Waals surface area contributed by atoms with Gasteiger partial charge >= 0.3 is 0 Å². The molecule has 0 saturated carbocycles. The Morgan fingerprint density at radius 2 is 1.82 bits per heavy atom. The van der Waals surface area contributed by atoms with Crippen molar-refractivity contribution in [2.75, 3.05) is 22.9 Å². The molecule has 2 aromatic rings. The Balaban J connectivity index is 2.22. The summed E-state index contributed by atoms with van der Waals surface area (Å²) in [6, 6.07) is 13.2. The Bertz CT molecular complexity index is 806. The average molecular weight is 339 g/mol. The summed E-state index contributed by atoms with van der Waals surface area (Å²) in [4.78, 5) is 12.1. The van der Waals surface area contributed by atoms with Crippen molar-refractivity contribution < 1.29 is 13.2 Å². The fraction of sp³-hybridized carbons (Fsp3) is 0.133. The van der Waals surface area contributed by atoms with Crippen LogP contribution in [-0.4, -0.2) is 27.6 Å². The SMILES string of the molecule is CN(c1cccc(NC(=O)c2cccc(Cl)c2)c1)S(C)(=O)=O. The molecule has 0 aliphatic rings. The molecule has 0 saturated heterocycles. The predicted molar refractivity (Wildman–Crippen MR) is 89.1 cm³/mol. The van der Waals surface area contributed by atoms with Gasteiger partial charge in [0.05, 0.1) is 11.9 Å². The van der Waals surface area contributed by atoms with Crippen LogP contribution in [0, 0.1) is 0 Å². The summed E-state index contributed by atoms with van der Waals surface area (Å²) in [5, 5.41) is 3.18. The standard InChI is InChI=1S/C15H15ClN2O3S/c1-18(22(2,20)21)14-8-4-7-13(10-14)17-15(19)11-5-3-6-12(16)9-11/h3-10H,1-2H3,(H,17,19). The Morgan fingerprint density at radius 3 is 2.45 bits per heavy atom. The van der Waals surface area contributed by atoms with Gasteiger partial charge in [-0.3, -0.25) is 9.10 Å². The Hall–Kier alpha value is -2.05. The summed E-state index contributed by atoms with van der Waals surface area (Å²) >= 11 is 5.86. The molecular formula is C15H15ClN2O3S. The third-order valence-electron chi connectivity index (χ3n) is 3.05. The lowest BCUT2D eigenvalue weighted by Crippen LogP contribution is -2.24. The van der Waals surface area contributed by atoms with Gasteiger partial charge in [0.1, 0.15) is 0 Å². The minimum Gasteiger partial charge on any atom is -0.322 e. The molecule has 0 fully saturated rings. The first kappa shape index (κ1) is 16.3. The fourth-order valence-electron chi connectivity index (χ4n) is 1.80. The number of hydrogen-bond donors (Lipinski definition) is 1. The van der Waals surface area contributed by atoms with Crippen LogP contribution in [0.25, 0.3) is 0 Å². The van der Waals surface area contributed by atoms with Gasteiger partial charge in [0.15, 0.2) is 0 Å². The number of nitrogens with zero attached hydrogens (tertiary/aromatic N) is 1. The molecule has 0 aromatic heterocycles. The van der Waals surface area contributed by atoms with E-state index < -0.39 is 10.0 Å². The molecule has 7 heteroatoms. The van der Waals surface area contributed by atoms with E-state index in [0.29, 0.717) is 22.0 Å². The Labute approximate surface area is 134 Å². The number of sulfonamides is 1. The van der Waals surface area contributed by atoms with Crippen LogP contribution >= 0.6 is 11.6 Å². The molecule has 0 unspecified atom stereocenters.